The molecule has 0 aliphatic carbocycles. The number of pyridine rings is 1. The van der Waals surface area contributed by atoms with Crippen LogP contribution in [0.25, 0.3) is 0 Å². The molecule has 4 heterocycles. The quantitative estimate of drug-likeness (QED) is 0.728. The van der Waals surface area contributed by atoms with Crippen LogP contribution >= 0.6 is 0 Å². The fourth-order valence-corrected chi connectivity index (χ4v) is 4.04. The van der Waals surface area contributed by atoms with E-state index in [4.69, 9.17) is 0 Å². The summed E-state index contributed by atoms with van der Waals surface area (Å²) in [6.45, 7) is 3.04. The number of nitrogens with zero attached hydrogens (tertiary/aromatic N) is 2. The van der Waals surface area contributed by atoms with Gasteiger partial charge in [0.25, 0.3) is 0 Å². The van der Waals surface area contributed by atoms with E-state index < -0.39 is 0 Å². The summed E-state index contributed by atoms with van der Waals surface area (Å²) in [7, 11) is 0. The zero-order valence-corrected chi connectivity index (χ0v) is 12.7. The zero-order chi connectivity index (χ0) is 14.9. The second kappa shape index (κ2) is 5.95. The molecule has 118 valence electrons. The smallest absolute Gasteiger partial charge is 0.228 e. The summed E-state index contributed by atoms with van der Waals surface area (Å²) in [6.07, 6.45) is 7.09. The van der Waals surface area contributed by atoms with E-state index in [-0.39, 0.29) is 30.2 Å². The van der Waals surface area contributed by atoms with Gasteiger partial charge in [-0.15, -0.1) is 0 Å². The van der Waals surface area contributed by atoms with Crippen molar-refractivity contribution >= 4 is 5.91 Å². The predicted octanol–water partition coefficient (Wildman–Crippen LogP) is 0.200. The van der Waals surface area contributed by atoms with E-state index in [0.29, 0.717) is 0 Å². The van der Waals surface area contributed by atoms with Crippen molar-refractivity contribution in [3.8, 4) is 0 Å². The van der Waals surface area contributed by atoms with Crippen molar-refractivity contribution in [2.75, 3.05) is 19.6 Å². The van der Waals surface area contributed by atoms with Crippen LogP contribution < -0.4 is 16.0 Å². The average molecular weight is 301 g/mol. The Morgan fingerprint density at radius 3 is 2.91 bits per heavy atom. The third-order valence-corrected chi connectivity index (χ3v) is 5.15. The topological polar surface area (TPSA) is 69.3 Å². The Morgan fingerprint density at radius 1 is 1.27 bits per heavy atom. The summed E-state index contributed by atoms with van der Waals surface area (Å²) in [5, 5.41) is 10.2. The number of piperidine rings is 1. The second-order valence-corrected chi connectivity index (χ2v) is 6.46. The molecule has 3 aliphatic rings. The number of fused-ring (bicyclic) bond motifs is 1. The van der Waals surface area contributed by atoms with Gasteiger partial charge in [0.2, 0.25) is 5.91 Å². The Balaban J connectivity index is 1.54. The molecule has 4 unspecified atom stereocenters. The van der Waals surface area contributed by atoms with Gasteiger partial charge < -0.3 is 10.6 Å². The van der Waals surface area contributed by atoms with Crippen LogP contribution in [0.4, 0.5) is 0 Å². The SMILES string of the molecule is O=C1NC(N2CCCC2)NC2NCCC(c3cccnc3)C12. The molecule has 3 fully saturated rings. The van der Waals surface area contributed by atoms with Crippen LogP contribution in [0.5, 0.6) is 0 Å². The molecular formula is C16H23N5O. The lowest BCUT2D eigenvalue weighted by molar-refractivity contribution is -0.135. The van der Waals surface area contributed by atoms with Gasteiger partial charge in [-0.25, -0.2) is 0 Å². The molecule has 1 amide bonds. The molecule has 3 N–H and O–H groups in total. The standard InChI is InChI=1S/C16H23N5O/c22-15-13-12(11-4-3-6-17-10-11)5-7-18-14(13)19-16(20-15)21-8-1-2-9-21/h3-4,6,10,12-14,16,18-19H,1-2,5,7-9H2,(H,20,22). The maximum atomic E-state index is 12.7. The summed E-state index contributed by atoms with van der Waals surface area (Å²) >= 11 is 0. The first-order valence-electron chi connectivity index (χ1n) is 8.27. The summed E-state index contributed by atoms with van der Waals surface area (Å²) < 4.78 is 0. The molecule has 0 saturated carbocycles. The monoisotopic (exact) mass is 301 g/mol. The first kappa shape index (κ1) is 14.1. The average Bonchev–Trinajstić information content (AvgIpc) is 3.09. The minimum absolute atomic E-state index is 0.0311. The Hall–Kier alpha value is -1.50. The lowest BCUT2D eigenvalue weighted by Gasteiger charge is -2.46. The Kier molecular flexibility index (Phi) is 3.82. The number of amides is 1. The van der Waals surface area contributed by atoms with Crippen molar-refractivity contribution in [3.63, 3.8) is 0 Å². The Labute approximate surface area is 130 Å². The first-order chi connectivity index (χ1) is 10.8. The highest BCUT2D eigenvalue weighted by Gasteiger charge is 2.45. The molecule has 0 bridgehead atoms. The van der Waals surface area contributed by atoms with Crippen LogP contribution in [0.1, 0.15) is 30.7 Å². The number of nitrogens with one attached hydrogen (secondary N) is 3. The summed E-state index contributed by atoms with van der Waals surface area (Å²) in [6, 6.07) is 4.04. The molecule has 1 aromatic rings. The normalized spacial score (nSPS) is 35.9. The van der Waals surface area contributed by atoms with Crippen molar-refractivity contribution in [1.82, 2.24) is 25.8 Å². The minimum atomic E-state index is -0.0724. The van der Waals surface area contributed by atoms with E-state index in [2.05, 4.69) is 31.9 Å². The molecule has 4 atom stereocenters. The number of likely N-dealkylation sites (tertiary alicyclic amines) is 1. The van der Waals surface area contributed by atoms with Gasteiger partial charge in [-0.3, -0.25) is 20.0 Å². The predicted molar refractivity (Wildman–Crippen MR) is 82.7 cm³/mol. The molecule has 6 nitrogen and oxygen atoms in total. The van der Waals surface area contributed by atoms with Crippen molar-refractivity contribution in [1.29, 1.82) is 0 Å². The number of hydrogen-bond acceptors (Lipinski definition) is 5. The highest BCUT2D eigenvalue weighted by Crippen LogP contribution is 2.34. The van der Waals surface area contributed by atoms with Gasteiger partial charge in [-0.05, 0) is 37.4 Å². The number of carbonyl (C=O) groups excluding carboxylic acids is 1. The number of carbonyl (C=O) groups is 1. The van der Waals surface area contributed by atoms with Crippen LogP contribution in [0.2, 0.25) is 0 Å². The molecule has 3 saturated heterocycles. The molecule has 0 aromatic carbocycles. The van der Waals surface area contributed by atoms with Crippen LogP contribution in [-0.2, 0) is 4.79 Å². The first-order valence-corrected chi connectivity index (χ1v) is 8.27. The zero-order valence-electron chi connectivity index (χ0n) is 12.7. The van der Waals surface area contributed by atoms with Gasteiger partial charge >= 0.3 is 0 Å². The third-order valence-electron chi connectivity index (χ3n) is 5.15. The lowest BCUT2D eigenvalue weighted by Crippen LogP contribution is -2.72. The molecule has 22 heavy (non-hydrogen) atoms. The second-order valence-electron chi connectivity index (χ2n) is 6.46. The van der Waals surface area contributed by atoms with E-state index >= 15 is 0 Å². The van der Waals surface area contributed by atoms with Gasteiger partial charge in [0.15, 0.2) is 0 Å². The molecule has 3 aliphatic heterocycles. The number of hydrogen-bond donors (Lipinski definition) is 3. The van der Waals surface area contributed by atoms with Gasteiger partial charge in [-0.1, -0.05) is 6.07 Å². The van der Waals surface area contributed by atoms with Crippen molar-refractivity contribution in [2.45, 2.75) is 37.6 Å². The molecular weight excluding hydrogens is 278 g/mol. The fraction of sp³-hybridized carbons (Fsp3) is 0.625. The van der Waals surface area contributed by atoms with E-state index in [1.54, 1.807) is 6.20 Å². The summed E-state index contributed by atoms with van der Waals surface area (Å²) in [4.78, 5) is 19.3. The number of rotatable bonds is 2. The Morgan fingerprint density at radius 2 is 2.14 bits per heavy atom. The maximum Gasteiger partial charge on any atom is 0.228 e. The van der Waals surface area contributed by atoms with E-state index in [1.165, 1.54) is 12.8 Å². The van der Waals surface area contributed by atoms with Gasteiger partial charge in [0, 0.05) is 31.4 Å². The summed E-state index contributed by atoms with van der Waals surface area (Å²) in [5.74, 6) is 0.311. The fourth-order valence-electron chi connectivity index (χ4n) is 4.04. The van der Waals surface area contributed by atoms with E-state index in [1.807, 2.05) is 12.3 Å². The van der Waals surface area contributed by atoms with Crippen LogP contribution in [0.3, 0.4) is 0 Å². The molecule has 6 heteroatoms. The maximum absolute atomic E-state index is 12.7. The van der Waals surface area contributed by atoms with E-state index in [0.717, 1.165) is 31.6 Å². The van der Waals surface area contributed by atoms with Gasteiger partial charge in [-0.2, -0.15) is 0 Å². The van der Waals surface area contributed by atoms with Crippen LogP contribution in [0.15, 0.2) is 24.5 Å². The lowest BCUT2D eigenvalue weighted by atomic mass is 9.78. The number of aromatic nitrogens is 1. The minimum Gasteiger partial charge on any atom is -0.328 e. The molecule has 4 rings (SSSR count). The molecule has 0 spiro atoms. The highest BCUT2D eigenvalue weighted by molar-refractivity contribution is 5.81. The van der Waals surface area contributed by atoms with E-state index in [9.17, 15) is 4.79 Å². The van der Waals surface area contributed by atoms with Crippen molar-refractivity contribution in [3.05, 3.63) is 30.1 Å². The molecule has 0 radical (unpaired) electrons. The third kappa shape index (κ3) is 2.51. The molecule has 1 aromatic heterocycles. The van der Waals surface area contributed by atoms with Crippen LogP contribution in [-0.4, -0.2) is 47.9 Å². The largest absolute Gasteiger partial charge is 0.328 e. The van der Waals surface area contributed by atoms with Crippen LogP contribution in [0, 0.1) is 5.92 Å². The van der Waals surface area contributed by atoms with Crippen molar-refractivity contribution < 1.29 is 4.79 Å². The van der Waals surface area contributed by atoms with Gasteiger partial charge in [0.1, 0.15) is 6.29 Å². The van der Waals surface area contributed by atoms with Crippen molar-refractivity contribution in [2.24, 2.45) is 5.92 Å². The summed E-state index contributed by atoms with van der Waals surface area (Å²) in [5.41, 5.74) is 1.16. The highest BCUT2D eigenvalue weighted by atomic mass is 16.2. The Bertz CT molecular complexity index is 531. The van der Waals surface area contributed by atoms with Gasteiger partial charge in [0.05, 0.1) is 12.1 Å².